The summed E-state index contributed by atoms with van der Waals surface area (Å²) in [5, 5.41) is 0.190. The van der Waals surface area contributed by atoms with Crippen LogP contribution in [0.1, 0.15) is 45.7 Å². The van der Waals surface area contributed by atoms with Crippen molar-refractivity contribution in [1.82, 2.24) is 0 Å². The summed E-state index contributed by atoms with van der Waals surface area (Å²) in [5.41, 5.74) is 2.71. The fraction of sp³-hybridized carbons (Fsp3) is 0.684. The first-order valence-corrected chi connectivity index (χ1v) is 12.7. The number of halogens is 1. The van der Waals surface area contributed by atoms with E-state index in [4.69, 9.17) is 13.9 Å². The quantitative estimate of drug-likeness (QED) is 0.443. The summed E-state index contributed by atoms with van der Waals surface area (Å²) in [5.74, 6) is 0.576. The summed E-state index contributed by atoms with van der Waals surface area (Å²) in [7, 11) is -1.86. The zero-order chi connectivity index (χ0) is 17.9. The lowest BCUT2D eigenvalue weighted by atomic mass is 9.87. The largest absolute Gasteiger partial charge is 0.543 e. The van der Waals surface area contributed by atoms with Crippen molar-refractivity contribution in [2.24, 2.45) is 0 Å². The average molecular weight is 460 g/mol. The predicted octanol–water partition coefficient (Wildman–Crippen LogP) is 5.29. The molecule has 1 aromatic rings. The third-order valence-corrected chi connectivity index (χ3v) is 11.0. The van der Waals surface area contributed by atoms with Gasteiger partial charge < -0.3 is 13.9 Å². The van der Waals surface area contributed by atoms with E-state index >= 15 is 0 Å². The van der Waals surface area contributed by atoms with E-state index in [0.29, 0.717) is 0 Å². The Morgan fingerprint density at radius 3 is 2.17 bits per heavy atom. The van der Waals surface area contributed by atoms with Gasteiger partial charge in [-0.3, -0.25) is 0 Å². The summed E-state index contributed by atoms with van der Waals surface area (Å²) < 4.78 is 20.2. The molecule has 1 fully saturated rings. The monoisotopic (exact) mass is 460 g/mol. The zero-order valence-electron chi connectivity index (χ0n) is 15.8. The number of fused-ring (bicyclic) bond motifs is 2. The second-order valence-electron chi connectivity index (χ2n) is 8.99. The summed E-state index contributed by atoms with van der Waals surface area (Å²) in [4.78, 5) is 0. The maximum atomic E-state index is 6.66. The van der Waals surface area contributed by atoms with E-state index in [-0.39, 0.29) is 17.2 Å². The number of hydrogen-bond donors (Lipinski definition) is 0. The van der Waals surface area contributed by atoms with Crippen molar-refractivity contribution in [1.29, 1.82) is 0 Å². The number of hydrogen-bond acceptors (Lipinski definition) is 3. The number of benzene rings is 1. The average Bonchev–Trinajstić information content (AvgIpc) is 2.72. The molecule has 134 valence electrons. The minimum absolute atomic E-state index is 0.132. The Labute approximate surface area is 160 Å². The van der Waals surface area contributed by atoms with Gasteiger partial charge in [-0.15, -0.1) is 0 Å². The van der Waals surface area contributed by atoms with E-state index in [9.17, 15) is 0 Å². The highest BCUT2D eigenvalue weighted by Crippen LogP contribution is 2.43. The van der Waals surface area contributed by atoms with Gasteiger partial charge in [-0.05, 0) is 77.8 Å². The number of rotatable bonds is 2. The molecular formula is C19H29IO3Si. The van der Waals surface area contributed by atoms with Crippen LogP contribution in [-0.4, -0.2) is 26.3 Å². The lowest BCUT2D eigenvalue weighted by Crippen LogP contribution is -2.44. The van der Waals surface area contributed by atoms with E-state index < -0.39 is 14.1 Å². The summed E-state index contributed by atoms with van der Waals surface area (Å²) >= 11 is 2.44. The Balaban J connectivity index is 1.95. The van der Waals surface area contributed by atoms with Crippen LogP contribution in [0, 0.1) is 3.57 Å². The lowest BCUT2D eigenvalue weighted by Gasteiger charge is -2.38. The van der Waals surface area contributed by atoms with E-state index in [1.165, 1.54) is 14.7 Å². The predicted molar refractivity (Wildman–Crippen MR) is 108 cm³/mol. The second kappa shape index (κ2) is 5.96. The van der Waals surface area contributed by atoms with Crippen molar-refractivity contribution in [2.45, 2.75) is 83.6 Å². The van der Waals surface area contributed by atoms with Crippen molar-refractivity contribution in [2.75, 3.05) is 0 Å². The highest BCUT2D eigenvalue weighted by atomic mass is 127. The lowest BCUT2D eigenvalue weighted by molar-refractivity contribution is -0.145. The van der Waals surface area contributed by atoms with Gasteiger partial charge in [0.25, 0.3) is 0 Å². The summed E-state index contributed by atoms with van der Waals surface area (Å²) in [6.07, 6.45) is 2.08. The van der Waals surface area contributed by atoms with Crippen LogP contribution in [0.3, 0.4) is 0 Å². The molecule has 1 aromatic carbocycles. The fourth-order valence-corrected chi connectivity index (χ4v) is 5.04. The van der Waals surface area contributed by atoms with Crippen LogP contribution in [0.2, 0.25) is 18.1 Å². The molecule has 1 heterocycles. The van der Waals surface area contributed by atoms with Gasteiger partial charge in [-0.2, -0.15) is 0 Å². The summed E-state index contributed by atoms with van der Waals surface area (Å²) in [6, 6.07) is 4.34. The minimum Gasteiger partial charge on any atom is -0.543 e. The van der Waals surface area contributed by atoms with Crippen molar-refractivity contribution >= 4 is 30.9 Å². The highest BCUT2D eigenvalue weighted by molar-refractivity contribution is 14.1. The Morgan fingerprint density at radius 1 is 1.08 bits per heavy atom. The van der Waals surface area contributed by atoms with E-state index in [1.807, 2.05) is 13.8 Å². The summed E-state index contributed by atoms with van der Waals surface area (Å²) in [6.45, 7) is 15.5. The molecule has 0 aromatic heterocycles. The van der Waals surface area contributed by atoms with Crippen molar-refractivity contribution in [3.05, 3.63) is 26.8 Å². The molecule has 5 heteroatoms. The van der Waals surface area contributed by atoms with E-state index in [2.05, 4.69) is 68.6 Å². The molecule has 0 bridgehead atoms. The molecule has 0 spiro atoms. The molecule has 1 aliphatic carbocycles. The van der Waals surface area contributed by atoms with Gasteiger partial charge in [-0.1, -0.05) is 20.8 Å². The van der Waals surface area contributed by atoms with Gasteiger partial charge in [0, 0.05) is 16.4 Å². The number of ether oxygens (including phenoxy) is 2. The molecule has 3 nitrogen and oxygen atoms in total. The van der Waals surface area contributed by atoms with Crippen LogP contribution in [-0.2, 0) is 22.3 Å². The van der Waals surface area contributed by atoms with Gasteiger partial charge in [0.15, 0.2) is 5.79 Å². The molecule has 0 saturated carbocycles. The molecular weight excluding hydrogens is 431 g/mol. The van der Waals surface area contributed by atoms with Crippen LogP contribution >= 0.6 is 22.6 Å². The standard InChI is InChI=1S/C19H29IO3Si/c1-18(2,3)24(6,7)23-15-9-8-14(20)12-10-16-17(11-13(12)15)22-19(4,5)21-16/h8-9,16-17H,10-11H2,1-7H3/t16-,17+/m1/s1. The topological polar surface area (TPSA) is 27.7 Å². The van der Waals surface area contributed by atoms with Crippen molar-refractivity contribution < 1.29 is 13.9 Å². The van der Waals surface area contributed by atoms with Crippen molar-refractivity contribution in [3.8, 4) is 5.75 Å². The SMILES string of the molecule is CC1(C)O[C@H]2Cc3c(O[Si](C)(C)C(C)(C)C)ccc(I)c3C[C@H]2O1. The first kappa shape index (κ1) is 18.7. The molecule has 1 saturated heterocycles. The first-order valence-electron chi connectivity index (χ1n) is 8.74. The van der Waals surface area contributed by atoms with Gasteiger partial charge in [-0.25, -0.2) is 0 Å². The second-order valence-corrected chi connectivity index (χ2v) is 14.9. The highest BCUT2D eigenvalue weighted by Gasteiger charge is 2.46. The van der Waals surface area contributed by atoms with Gasteiger partial charge in [0.1, 0.15) is 5.75 Å². The molecule has 0 unspecified atom stereocenters. The maximum absolute atomic E-state index is 6.66. The van der Waals surface area contributed by atoms with Gasteiger partial charge in [0.05, 0.1) is 12.2 Å². The molecule has 1 aliphatic heterocycles. The Morgan fingerprint density at radius 2 is 1.62 bits per heavy atom. The van der Waals surface area contributed by atoms with Gasteiger partial charge in [0.2, 0.25) is 8.32 Å². The maximum Gasteiger partial charge on any atom is 0.250 e. The van der Waals surface area contributed by atoms with Crippen LogP contribution in [0.15, 0.2) is 12.1 Å². The minimum atomic E-state index is -1.86. The molecule has 0 radical (unpaired) electrons. The van der Waals surface area contributed by atoms with E-state index in [0.717, 1.165) is 18.6 Å². The third-order valence-electron chi connectivity index (χ3n) is 5.60. The fourth-order valence-electron chi connectivity index (χ4n) is 3.27. The Bertz CT molecular complexity index is 649. The molecule has 0 amide bonds. The smallest absolute Gasteiger partial charge is 0.250 e. The first-order chi connectivity index (χ1) is 10.9. The Hall–Kier alpha value is -0.113. The molecule has 0 N–H and O–H groups in total. The molecule has 24 heavy (non-hydrogen) atoms. The molecule has 2 aliphatic rings. The Kier molecular flexibility index (Phi) is 4.64. The van der Waals surface area contributed by atoms with Crippen LogP contribution < -0.4 is 4.43 Å². The van der Waals surface area contributed by atoms with E-state index in [1.54, 1.807) is 0 Å². The molecule has 2 atom stereocenters. The van der Waals surface area contributed by atoms with Gasteiger partial charge >= 0.3 is 0 Å². The van der Waals surface area contributed by atoms with Crippen LogP contribution in [0.5, 0.6) is 5.75 Å². The van der Waals surface area contributed by atoms with Crippen LogP contribution in [0.25, 0.3) is 0 Å². The normalized spacial score (nSPS) is 26.0. The van der Waals surface area contributed by atoms with Crippen LogP contribution in [0.4, 0.5) is 0 Å². The van der Waals surface area contributed by atoms with Crippen molar-refractivity contribution in [3.63, 3.8) is 0 Å². The zero-order valence-corrected chi connectivity index (χ0v) is 19.0. The third kappa shape index (κ3) is 3.41. The molecule has 3 rings (SSSR count).